The fourth-order valence-electron chi connectivity index (χ4n) is 2.22. The number of rotatable bonds is 3. The Labute approximate surface area is 111 Å². The van der Waals surface area contributed by atoms with E-state index < -0.39 is 16.0 Å². The molecule has 0 radical (unpaired) electrons. The number of piperazine rings is 1. The standard InChI is InChI=1S/C10H16N4O4S/c1-7-6-13(2)3-4-14(7)19(17,18)9-8(10(15)16)5-11-12-9/h5,7H,3-4,6H2,1-2H3,(H,11,12)(H,15,16). The molecule has 2 heterocycles. The van der Waals surface area contributed by atoms with Crippen molar-refractivity contribution >= 4 is 16.0 Å². The maximum atomic E-state index is 12.5. The van der Waals surface area contributed by atoms with E-state index >= 15 is 0 Å². The van der Waals surface area contributed by atoms with Crippen molar-refractivity contribution in [1.82, 2.24) is 19.4 Å². The molecule has 1 aromatic rings. The minimum absolute atomic E-state index is 0.214. The number of aromatic carboxylic acids is 1. The maximum absolute atomic E-state index is 12.5. The van der Waals surface area contributed by atoms with E-state index in [-0.39, 0.29) is 16.6 Å². The fourth-order valence-corrected chi connectivity index (χ4v) is 3.90. The van der Waals surface area contributed by atoms with Crippen molar-refractivity contribution in [3.05, 3.63) is 11.8 Å². The molecular weight excluding hydrogens is 272 g/mol. The zero-order valence-corrected chi connectivity index (χ0v) is 11.5. The number of carboxylic acid groups (broad SMARTS) is 1. The molecule has 1 unspecified atom stereocenters. The summed E-state index contributed by atoms with van der Waals surface area (Å²) in [6, 6.07) is -0.214. The number of aromatic amines is 1. The van der Waals surface area contributed by atoms with E-state index in [9.17, 15) is 13.2 Å². The van der Waals surface area contributed by atoms with Gasteiger partial charge in [0, 0.05) is 25.7 Å². The van der Waals surface area contributed by atoms with Gasteiger partial charge in [0.15, 0.2) is 5.03 Å². The van der Waals surface area contributed by atoms with Crippen molar-refractivity contribution in [2.45, 2.75) is 18.0 Å². The summed E-state index contributed by atoms with van der Waals surface area (Å²) < 4.78 is 26.2. The molecule has 1 saturated heterocycles. The van der Waals surface area contributed by atoms with E-state index in [4.69, 9.17) is 5.11 Å². The van der Waals surface area contributed by atoms with Crippen LogP contribution in [-0.2, 0) is 10.0 Å². The summed E-state index contributed by atoms with van der Waals surface area (Å²) in [5.74, 6) is -1.31. The SMILES string of the molecule is CC1CN(C)CCN1S(=O)(=O)c1[nH]ncc1C(=O)O. The lowest BCUT2D eigenvalue weighted by atomic mass is 10.2. The molecule has 1 aliphatic heterocycles. The molecule has 0 aromatic carbocycles. The van der Waals surface area contributed by atoms with Crippen LogP contribution >= 0.6 is 0 Å². The highest BCUT2D eigenvalue weighted by atomic mass is 32.2. The Morgan fingerprint density at radius 3 is 2.79 bits per heavy atom. The third-order valence-corrected chi connectivity index (χ3v) is 5.16. The van der Waals surface area contributed by atoms with Crippen LogP contribution in [0.1, 0.15) is 17.3 Å². The summed E-state index contributed by atoms with van der Waals surface area (Å²) in [6.45, 7) is 3.35. The molecule has 0 saturated carbocycles. The number of hydrogen-bond acceptors (Lipinski definition) is 5. The van der Waals surface area contributed by atoms with Gasteiger partial charge in [-0.15, -0.1) is 0 Å². The predicted molar refractivity (Wildman–Crippen MR) is 66.4 cm³/mol. The van der Waals surface area contributed by atoms with Crippen LogP contribution in [0, 0.1) is 0 Å². The first-order chi connectivity index (χ1) is 8.84. The number of aromatic nitrogens is 2. The predicted octanol–water partition coefficient (Wildman–Crippen LogP) is -0.567. The largest absolute Gasteiger partial charge is 0.478 e. The molecule has 0 spiro atoms. The Morgan fingerprint density at radius 1 is 1.53 bits per heavy atom. The third kappa shape index (κ3) is 2.48. The quantitative estimate of drug-likeness (QED) is 0.771. The van der Waals surface area contributed by atoms with Gasteiger partial charge in [-0.05, 0) is 14.0 Å². The van der Waals surface area contributed by atoms with Crippen molar-refractivity contribution in [2.24, 2.45) is 0 Å². The monoisotopic (exact) mass is 288 g/mol. The highest BCUT2D eigenvalue weighted by molar-refractivity contribution is 7.89. The number of nitrogens with one attached hydrogen (secondary N) is 1. The zero-order chi connectivity index (χ0) is 14.2. The molecule has 1 aromatic heterocycles. The molecule has 2 N–H and O–H groups in total. The Kier molecular flexibility index (Phi) is 3.61. The first kappa shape index (κ1) is 14.0. The van der Waals surface area contributed by atoms with Gasteiger partial charge in [0.05, 0.1) is 6.20 Å². The summed E-state index contributed by atoms with van der Waals surface area (Å²) >= 11 is 0. The number of carbonyl (C=O) groups is 1. The molecular formula is C10H16N4O4S. The van der Waals surface area contributed by atoms with Crippen molar-refractivity contribution in [3.63, 3.8) is 0 Å². The van der Waals surface area contributed by atoms with Gasteiger partial charge in [-0.25, -0.2) is 13.2 Å². The Balaban J connectivity index is 2.37. The van der Waals surface area contributed by atoms with Gasteiger partial charge < -0.3 is 10.0 Å². The van der Waals surface area contributed by atoms with E-state index in [1.165, 1.54) is 4.31 Å². The number of nitrogens with zero attached hydrogens (tertiary/aromatic N) is 3. The average Bonchev–Trinajstić information content (AvgIpc) is 2.77. The minimum atomic E-state index is -3.86. The molecule has 106 valence electrons. The highest BCUT2D eigenvalue weighted by Gasteiger charge is 2.36. The van der Waals surface area contributed by atoms with Gasteiger partial charge in [-0.3, -0.25) is 5.10 Å². The lowest BCUT2D eigenvalue weighted by Crippen LogP contribution is -2.52. The first-order valence-electron chi connectivity index (χ1n) is 5.81. The van der Waals surface area contributed by atoms with E-state index in [0.29, 0.717) is 19.6 Å². The van der Waals surface area contributed by atoms with Gasteiger partial charge in [0.25, 0.3) is 10.0 Å². The summed E-state index contributed by atoms with van der Waals surface area (Å²) in [5, 5.41) is 14.4. The van der Waals surface area contributed by atoms with Crippen molar-refractivity contribution in [3.8, 4) is 0 Å². The van der Waals surface area contributed by atoms with E-state index in [0.717, 1.165) is 6.20 Å². The molecule has 0 bridgehead atoms. The Morgan fingerprint density at radius 2 is 2.21 bits per heavy atom. The number of hydrogen-bond donors (Lipinski definition) is 2. The number of likely N-dealkylation sites (N-methyl/N-ethyl adjacent to an activating group) is 1. The van der Waals surface area contributed by atoms with Crippen LogP contribution in [-0.4, -0.2) is 71.6 Å². The van der Waals surface area contributed by atoms with Gasteiger partial charge >= 0.3 is 5.97 Å². The smallest absolute Gasteiger partial charge is 0.340 e. The molecule has 2 rings (SSSR count). The summed E-state index contributed by atoms with van der Waals surface area (Å²) in [7, 11) is -1.94. The van der Waals surface area contributed by atoms with E-state index in [1.807, 2.05) is 11.9 Å². The van der Waals surface area contributed by atoms with Gasteiger partial charge in [0.2, 0.25) is 0 Å². The molecule has 0 aliphatic carbocycles. The Bertz CT molecular complexity index is 582. The normalized spacial score (nSPS) is 22.5. The number of H-pyrrole nitrogens is 1. The molecule has 19 heavy (non-hydrogen) atoms. The summed E-state index contributed by atoms with van der Waals surface area (Å²) in [6.07, 6.45) is 1.01. The highest BCUT2D eigenvalue weighted by Crippen LogP contribution is 2.22. The second-order valence-corrected chi connectivity index (χ2v) is 6.47. The van der Waals surface area contributed by atoms with Crippen molar-refractivity contribution < 1.29 is 18.3 Å². The third-order valence-electron chi connectivity index (χ3n) is 3.17. The molecule has 1 fully saturated rings. The van der Waals surface area contributed by atoms with E-state index in [2.05, 4.69) is 10.2 Å². The Hall–Kier alpha value is -1.45. The molecule has 1 atom stereocenters. The van der Waals surface area contributed by atoms with Gasteiger partial charge in [-0.2, -0.15) is 9.40 Å². The summed E-state index contributed by atoms with van der Waals surface area (Å²) in [5.41, 5.74) is -0.328. The van der Waals surface area contributed by atoms with E-state index in [1.54, 1.807) is 6.92 Å². The average molecular weight is 288 g/mol. The van der Waals surface area contributed by atoms with Crippen LogP contribution in [0.2, 0.25) is 0 Å². The number of carboxylic acids is 1. The number of sulfonamides is 1. The first-order valence-corrected chi connectivity index (χ1v) is 7.25. The van der Waals surface area contributed by atoms with Crippen LogP contribution < -0.4 is 0 Å². The maximum Gasteiger partial charge on any atom is 0.340 e. The van der Waals surface area contributed by atoms with Crippen LogP contribution in [0.3, 0.4) is 0 Å². The lowest BCUT2D eigenvalue weighted by molar-refractivity contribution is 0.0692. The topological polar surface area (TPSA) is 107 Å². The second kappa shape index (κ2) is 4.91. The zero-order valence-electron chi connectivity index (χ0n) is 10.7. The van der Waals surface area contributed by atoms with Gasteiger partial charge in [0.1, 0.15) is 5.56 Å². The molecule has 8 nitrogen and oxygen atoms in total. The van der Waals surface area contributed by atoms with Crippen LogP contribution in [0.5, 0.6) is 0 Å². The lowest BCUT2D eigenvalue weighted by Gasteiger charge is -2.36. The van der Waals surface area contributed by atoms with Crippen LogP contribution in [0.25, 0.3) is 0 Å². The minimum Gasteiger partial charge on any atom is -0.478 e. The van der Waals surface area contributed by atoms with Crippen molar-refractivity contribution in [2.75, 3.05) is 26.7 Å². The molecule has 1 aliphatic rings. The van der Waals surface area contributed by atoms with Gasteiger partial charge in [-0.1, -0.05) is 0 Å². The van der Waals surface area contributed by atoms with Crippen LogP contribution in [0.15, 0.2) is 11.2 Å². The summed E-state index contributed by atoms with van der Waals surface area (Å²) in [4.78, 5) is 13.0. The molecule has 9 heteroatoms. The van der Waals surface area contributed by atoms with Crippen LogP contribution in [0.4, 0.5) is 0 Å². The second-order valence-electron chi connectivity index (χ2n) is 4.64. The molecule has 0 amide bonds. The fraction of sp³-hybridized carbons (Fsp3) is 0.600. The van der Waals surface area contributed by atoms with Crippen molar-refractivity contribution in [1.29, 1.82) is 0 Å².